The van der Waals surface area contributed by atoms with Crippen molar-refractivity contribution in [3.63, 3.8) is 0 Å². The van der Waals surface area contributed by atoms with Gasteiger partial charge in [0.25, 0.3) is 0 Å². The fourth-order valence-corrected chi connectivity index (χ4v) is 2.23. The van der Waals surface area contributed by atoms with Crippen molar-refractivity contribution in [2.45, 2.75) is 84.0 Å². The maximum atomic E-state index is 10.7. The quantitative estimate of drug-likeness (QED) is 0.269. The highest BCUT2D eigenvalue weighted by atomic mass is 16.5. The molecule has 0 saturated heterocycles. The maximum Gasteiger partial charge on any atom is 0.331 e. The number of aliphatic hydroxyl groups is 1. The number of hydrogen-bond acceptors (Lipinski definition) is 3. The normalized spacial score (nSPS) is 11.1. The number of hydrogen-bond donors (Lipinski definition) is 1. The molecule has 0 heterocycles. The monoisotopic (exact) mass is 298 g/mol. The smallest absolute Gasteiger partial charge is 0.331 e. The highest BCUT2D eigenvalue weighted by Crippen LogP contribution is 2.08. The van der Waals surface area contributed by atoms with Gasteiger partial charge in [-0.15, -0.1) is 0 Å². The van der Waals surface area contributed by atoms with Crippen molar-refractivity contribution in [2.75, 3.05) is 13.2 Å². The van der Waals surface area contributed by atoms with Crippen molar-refractivity contribution in [3.8, 4) is 0 Å². The summed E-state index contributed by atoms with van der Waals surface area (Å²) in [6.45, 7) is 2.18. The van der Waals surface area contributed by atoms with Gasteiger partial charge >= 0.3 is 5.97 Å². The summed E-state index contributed by atoms with van der Waals surface area (Å²) in [4.78, 5) is 10.7. The molecule has 0 aliphatic rings. The minimum atomic E-state index is -0.517. The lowest BCUT2D eigenvalue weighted by molar-refractivity contribution is -0.147. The number of aliphatic hydroxyl groups excluding tert-OH is 1. The Labute approximate surface area is 130 Å². The van der Waals surface area contributed by atoms with E-state index >= 15 is 0 Å². The molecule has 0 rings (SSSR count). The third-order valence-electron chi connectivity index (χ3n) is 3.55. The van der Waals surface area contributed by atoms with Gasteiger partial charge in [0.05, 0.1) is 6.61 Å². The Hall–Kier alpha value is -0.830. The van der Waals surface area contributed by atoms with Crippen molar-refractivity contribution >= 4 is 5.97 Å². The van der Waals surface area contributed by atoms with Crippen molar-refractivity contribution < 1.29 is 14.6 Å². The lowest BCUT2D eigenvalue weighted by Crippen LogP contribution is -2.09. The number of allylic oxidation sites excluding steroid dienone is 2. The van der Waals surface area contributed by atoms with Gasteiger partial charge in [-0.1, -0.05) is 64.0 Å². The largest absolute Gasteiger partial charge is 0.464 e. The van der Waals surface area contributed by atoms with E-state index in [1.165, 1.54) is 64.2 Å². The van der Waals surface area contributed by atoms with Crippen LogP contribution in [-0.4, -0.2) is 24.3 Å². The molecule has 21 heavy (non-hydrogen) atoms. The summed E-state index contributed by atoms with van der Waals surface area (Å²) in [6.07, 6.45) is 19.6. The molecule has 0 fully saturated rings. The number of rotatable bonds is 15. The Bertz CT molecular complexity index is 249. The third-order valence-corrected chi connectivity index (χ3v) is 3.55. The minimum Gasteiger partial charge on any atom is -0.464 e. The van der Waals surface area contributed by atoms with E-state index in [4.69, 9.17) is 9.84 Å². The molecular weight excluding hydrogens is 264 g/mol. The number of esters is 1. The van der Waals surface area contributed by atoms with E-state index in [1.54, 1.807) is 0 Å². The van der Waals surface area contributed by atoms with Gasteiger partial charge in [0.2, 0.25) is 0 Å². The van der Waals surface area contributed by atoms with Gasteiger partial charge in [-0.2, -0.15) is 0 Å². The van der Waals surface area contributed by atoms with Gasteiger partial charge in [-0.3, -0.25) is 0 Å². The molecule has 0 bridgehead atoms. The van der Waals surface area contributed by atoms with Crippen LogP contribution in [0.1, 0.15) is 84.0 Å². The zero-order chi connectivity index (χ0) is 15.6. The summed E-state index contributed by atoms with van der Waals surface area (Å²) >= 11 is 0. The molecule has 0 saturated carbocycles. The second kappa shape index (κ2) is 17.2. The van der Waals surface area contributed by atoms with E-state index < -0.39 is 12.6 Å². The van der Waals surface area contributed by atoms with Gasteiger partial charge in [0.15, 0.2) is 0 Å². The van der Waals surface area contributed by atoms with Gasteiger partial charge in [-0.25, -0.2) is 4.79 Å². The summed E-state index contributed by atoms with van der Waals surface area (Å²) in [5, 5.41) is 8.47. The molecule has 0 spiro atoms. The summed E-state index contributed by atoms with van der Waals surface area (Å²) < 4.78 is 4.80. The molecule has 124 valence electrons. The van der Waals surface area contributed by atoms with Crippen LogP contribution < -0.4 is 0 Å². The van der Waals surface area contributed by atoms with E-state index in [0.29, 0.717) is 6.61 Å². The fourth-order valence-electron chi connectivity index (χ4n) is 2.23. The zero-order valence-electron chi connectivity index (χ0n) is 13.8. The van der Waals surface area contributed by atoms with Crippen LogP contribution in [0.3, 0.4) is 0 Å². The summed E-state index contributed by atoms with van der Waals surface area (Å²) in [5.74, 6) is -0.517. The van der Waals surface area contributed by atoms with Gasteiger partial charge in [0.1, 0.15) is 6.61 Å². The number of unbranched alkanes of at least 4 members (excludes halogenated alkanes) is 10. The van der Waals surface area contributed by atoms with Crippen LogP contribution in [0, 0.1) is 0 Å². The van der Waals surface area contributed by atoms with E-state index in [1.807, 2.05) is 0 Å². The summed E-state index contributed by atoms with van der Waals surface area (Å²) in [5.41, 5.74) is 0. The van der Waals surface area contributed by atoms with Gasteiger partial charge in [0, 0.05) is 0 Å². The molecule has 0 unspecified atom stereocenters. The molecule has 3 nitrogen and oxygen atoms in total. The molecule has 1 N–H and O–H groups in total. The molecule has 0 atom stereocenters. The van der Waals surface area contributed by atoms with Crippen LogP contribution in [0.2, 0.25) is 0 Å². The van der Waals surface area contributed by atoms with Gasteiger partial charge < -0.3 is 9.84 Å². The standard InChI is InChI=1S/C18H34O3/c1-2-3-4-5-6-7-8-9-10-11-12-13-14-15-16-21-18(20)17-19/h7-8,19H,2-6,9-17H2,1H3. The van der Waals surface area contributed by atoms with E-state index in [0.717, 1.165) is 12.8 Å². The molecule has 0 aromatic rings. The third kappa shape index (κ3) is 17.1. The topological polar surface area (TPSA) is 46.5 Å². The Kier molecular flexibility index (Phi) is 16.5. The Balaban J connectivity index is 3.08. The van der Waals surface area contributed by atoms with E-state index in [-0.39, 0.29) is 0 Å². The number of ether oxygens (including phenoxy) is 1. The van der Waals surface area contributed by atoms with Crippen LogP contribution in [-0.2, 0) is 9.53 Å². The maximum absolute atomic E-state index is 10.7. The van der Waals surface area contributed by atoms with Crippen molar-refractivity contribution in [3.05, 3.63) is 12.2 Å². The van der Waals surface area contributed by atoms with Crippen LogP contribution in [0.15, 0.2) is 12.2 Å². The van der Waals surface area contributed by atoms with Crippen LogP contribution in [0.4, 0.5) is 0 Å². The van der Waals surface area contributed by atoms with Crippen molar-refractivity contribution in [2.24, 2.45) is 0 Å². The Morgan fingerprint density at radius 2 is 1.38 bits per heavy atom. The predicted octanol–water partition coefficient (Wildman–Crippen LogP) is 4.78. The van der Waals surface area contributed by atoms with E-state index in [9.17, 15) is 4.79 Å². The first-order valence-corrected chi connectivity index (χ1v) is 8.72. The second-order valence-electron chi connectivity index (χ2n) is 5.61. The van der Waals surface area contributed by atoms with Crippen LogP contribution in [0.25, 0.3) is 0 Å². The highest BCUT2D eigenvalue weighted by molar-refractivity contribution is 5.70. The first kappa shape index (κ1) is 20.2. The van der Waals surface area contributed by atoms with Crippen molar-refractivity contribution in [1.29, 1.82) is 0 Å². The molecule has 0 radical (unpaired) electrons. The molecule has 0 aliphatic carbocycles. The van der Waals surface area contributed by atoms with Crippen LogP contribution >= 0.6 is 0 Å². The first-order valence-electron chi connectivity index (χ1n) is 8.72. The average Bonchev–Trinajstić information content (AvgIpc) is 2.50. The molecule has 0 aliphatic heterocycles. The first-order chi connectivity index (χ1) is 10.3. The molecule has 3 heteroatoms. The molecule has 0 aromatic carbocycles. The molecular formula is C18H34O3. The molecule has 0 amide bonds. The lowest BCUT2D eigenvalue weighted by Gasteiger charge is -2.02. The Morgan fingerprint density at radius 1 is 0.857 bits per heavy atom. The SMILES string of the molecule is CCCCCCC=CCCCCCCCCOC(=O)CO. The summed E-state index contributed by atoms with van der Waals surface area (Å²) in [7, 11) is 0. The fraction of sp³-hybridized carbons (Fsp3) is 0.833. The second-order valence-corrected chi connectivity index (χ2v) is 5.61. The molecule has 0 aromatic heterocycles. The van der Waals surface area contributed by atoms with Crippen molar-refractivity contribution in [1.82, 2.24) is 0 Å². The number of carbonyl (C=O) groups is 1. The lowest BCUT2D eigenvalue weighted by atomic mass is 10.1. The Morgan fingerprint density at radius 3 is 1.95 bits per heavy atom. The predicted molar refractivity (Wildman–Crippen MR) is 88.3 cm³/mol. The number of carbonyl (C=O) groups excluding carboxylic acids is 1. The zero-order valence-corrected chi connectivity index (χ0v) is 13.8. The van der Waals surface area contributed by atoms with E-state index in [2.05, 4.69) is 19.1 Å². The van der Waals surface area contributed by atoms with Gasteiger partial charge in [-0.05, 0) is 32.1 Å². The average molecular weight is 298 g/mol. The minimum absolute atomic E-state index is 0.445. The summed E-state index contributed by atoms with van der Waals surface area (Å²) in [6, 6.07) is 0. The van der Waals surface area contributed by atoms with Crippen LogP contribution in [0.5, 0.6) is 0 Å². The highest BCUT2D eigenvalue weighted by Gasteiger charge is 1.98.